The van der Waals surface area contributed by atoms with Crippen molar-refractivity contribution in [3.05, 3.63) is 89.2 Å². The summed E-state index contributed by atoms with van der Waals surface area (Å²) >= 11 is 5.82. The molecule has 5 nitrogen and oxygen atoms in total. The number of amides is 1. The Kier molecular flexibility index (Phi) is 5.96. The van der Waals surface area contributed by atoms with Crippen LogP contribution in [0.3, 0.4) is 0 Å². The van der Waals surface area contributed by atoms with Crippen molar-refractivity contribution in [2.75, 3.05) is 10.0 Å². The number of hydrogen-bond donors (Lipinski definition) is 2. The van der Waals surface area contributed by atoms with Crippen molar-refractivity contribution >= 4 is 38.9 Å². The Morgan fingerprint density at radius 3 is 2.04 bits per heavy atom. The summed E-state index contributed by atoms with van der Waals surface area (Å²) in [6.07, 6.45) is 0.170. The molecule has 0 bridgehead atoms. The lowest BCUT2D eigenvalue weighted by molar-refractivity contribution is -0.115. The highest BCUT2D eigenvalue weighted by Gasteiger charge is 2.14. The number of hydrogen-bond acceptors (Lipinski definition) is 3. The molecule has 28 heavy (non-hydrogen) atoms. The molecule has 0 saturated heterocycles. The molecule has 0 atom stereocenters. The minimum atomic E-state index is -3.82. The van der Waals surface area contributed by atoms with Gasteiger partial charge in [-0.2, -0.15) is 0 Å². The number of carbonyl (C=O) groups excluding carboxylic acids is 1. The maximum atomic E-state index is 12.9. The molecule has 0 radical (unpaired) electrons. The van der Waals surface area contributed by atoms with Crippen LogP contribution in [0.1, 0.15) is 5.56 Å². The molecule has 3 rings (SSSR count). The van der Waals surface area contributed by atoms with Crippen molar-refractivity contribution in [3.63, 3.8) is 0 Å². The summed E-state index contributed by atoms with van der Waals surface area (Å²) in [6.45, 7) is 0. The predicted octanol–water partition coefficient (Wildman–Crippen LogP) is 4.46. The summed E-state index contributed by atoms with van der Waals surface area (Å²) in [4.78, 5) is 12.1. The van der Waals surface area contributed by atoms with Crippen LogP contribution in [0, 0.1) is 5.82 Å². The molecule has 0 aromatic heterocycles. The van der Waals surface area contributed by atoms with Gasteiger partial charge in [-0.15, -0.1) is 0 Å². The van der Waals surface area contributed by atoms with E-state index < -0.39 is 15.8 Å². The molecule has 144 valence electrons. The molecule has 0 unspecified atom stereocenters. The molecule has 0 saturated carbocycles. The maximum absolute atomic E-state index is 12.9. The van der Waals surface area contributed by atoms with Gasteiger partial charge >= 0.3 is 0 Å². The Morgan fingerprint density at radius 2 is 1.43 bits per heavy atom. The fraction of sp³-hybridized carbons (Fsp3) is 0.0500. The lowest BCUT2D eigenvalue weighted by Gasteiger charge is -2.10. The van der Waals surface area contributed by atoms with Gasteiger partial charge in [0.25, 0.3) is 10.0 Å². The minimum Gasteiger partial charge on any atom is -0.326 e. The molecule has 2 N–H and O–H groups in total. The Balaban J connectivity index is 1.64. The fourth-order valence-corrected chi connectivity index (χ4v) is 3.63. The molecule has 0 aliphatic carbocycles. The highest BCUT2D eigenvalue weighted by Crippen LogP contribution is 2.19. The number of benzene rings is 3. The zero-order valence-corrected chi connectivity index (χ0v) is 16.1. The van der Waals surface area contributed by atoms with Crippen LogP contribution in [0.15, 0.2) is 77.7 Å². The van der Waals surface area contributed by atoms with E-state index in [-0.39, 0.29) is 22.9 Å². The monoisotopic (exact) mass is 418 g/mol. The van der Waals surface area contributed by atoms with Crippen LogP contribution in [-0.4, -0.2) is 14.3 Å². The summed E-state index contributed by atoms with van der Waals surface area (Å²) in [5, 5.41) is 3.30. The summed E-state index contributed by atoms with van der Waals surface area (Å²) < 4.78 is 40.1. The Hall–Kier alpha value is -2.90. The highest BCUT2D eigenvalue weighted by atomic mass is 35.5. The third-order valence-corrected chi connectivity index (χ3v) is 5.47. The number of rotatable bonds is 6. The molecule has 3 aromatic rings. The Labute approximate surface area is 167 Å². The lowest BCUT2D eigenvalue weighted by Crippen LogP contribution is -2.15. The second-order valence-electron chi connectivity index (χ2n) is 5.99. The van der Waals surface area contributed by atoms with Crippen molar-refractivity contribution in [3.8, 4) is 0 Å². The molecular formula is C20H16ClFN2O3S. The number of sulfonamides is 1. The molecule has 0 spiro atoms. The number of halogens is 2. The smallest absolute Gasteiger partial charge is 0.261 e. The fourth-order valence-electron chi connectivity index (χ4n) is 2.44. The maximum Gasteiger partial charge on any atom is 0.261 e. The first-order chi connectivity index (χ1) is 13.3. The van der Waals surface area contributed by atoms with Gasteiger partial charge in [-0.1, -0.05) is 23.7 Å². The van der Waals surface area contributed by atoms with Crippen LogP contribution >= 0.6 is 11.6 Å². The highest BCUT2D eigenvalue weighted by molar-refractivity contribution is 7.92. The van der Waals surface area contributed by atoms with Gasteiger partial charge in [0.15, 0.2) is 0 Å². The van der Waals surface area contributed by atoms with Gasteiger partial charge in [0, 0.05) is 16.4 Å². The van der Waals surface area contributed by atoms with E-state index in [9.17, 15) is 17.6 Å². The van der Waals surface area contributed by atoms with Gasteiger partial charge < -0.3 is 5.32 Å². The van der Waals surface area contributed by atoms with Gasteiger partial charge in [0.05, 0.1) is 11.3 Å². The average molecular weight is 419 g/mol. The molecule has 0 aliphatic heterocycles. The topological polar surface area (TPSA) is 75.3 Å². The van der Waals surface area contributed by atoms with Crippen LogP contribution in [-0.2, 0) is 21.2 Å². The zero-order valence-electron chi connectivity index (χ0n) is 14.5. The van der Waals surface area contributed by atoms with E-state index in [2.05, 4.69) is 10.0 Å². The van der Waals surface area contributed by atoms with E-state index in [1.807, 2.05) is 0 Å². The first-order valence-electron chi connectivity index (χ1n) is 8.24. The van der Waals surface area contributed by atoms with E-state index in [1.54, 1.807) is 24.3 Å². The van der Waals surface area contributed by atoms with Gasteiger partial charge in [0.1, 0.15) is 5.82 Å². The zero-order chi connectivity index (χ0) is 20.1. The molecule has 3 aromatic carbocycles. The second kappa shape index (κ2) is 8.41. The van der Waals surface area contributed by atoms with E-state index in [0.717, 1.165) is 17.7 Å². The minimum absolute atomic E-state index is 0.0209. The molecule has 0 aliphatic rings. The molecular weight excluding hydrogens is 403 g/mol. The Morgan fingerprint density at radius 1 is 0.857 bits per heavy atom. The van der Waals surface area contributed by atoms with E-state index in [0.29, 0.717) is 10.7 Å². The van der Waals surface area contributed by atoms with E-state index in [4.69, 9.17) is 11.6 Å². The first kappa shape index (κ1) is 19.9. The van der Waals surface area contributed by atoms with E-state index in [1.165, 1.54) is 36.4 Å². The van der Waals surface area contributed by atoms with Gasteiger partial charge in [-0.25, -0.2) is 12.8 Å². The van der Waals surface area contributed by atoms with Crippen molar-refractivity contribution in [1.29, 1.82) is 0 Å². The third kappa shape index (κ3) is 5.31. The number of nitrogens with one attached hydrogen (secondary N) is 2. The van der Waals surface area contributed by atoms with Crippen molar-refractivity contribution < 1.29 is 17.6 Å². The second-order valence-corrected chi connectivity index (χ2v) is 8.11. The SMILES string of the molecule is O=C(Cc1ccc(Cl)cc1)Nc1ccc(S(=O)(=O)Nc2ccc(F)cc2)cc1. The largest absolute Gasteiger partial charge is 0.326 e. The van der Waals surface area contributed by atoms with Gasteiger partial charge in [-0.3, -0.25) is 9.52 Å². The van der Waals surface area contributed by atoms with Crippen LogP contribution in [0.4, 0.5) is 15.8 Å². The van der Waals surface area contributed by atoms with Crippen LogP contribution in [0.25, 0.3) is 0 Å². The summed E-state index contributed by atoms with van der Waals surface area (Å²) in [5.74, 6) is -0.691. The van der Waals surface area contributed by atoms with Crippen LogP contribution < -0.4 is 10.0 Å². The quantitative estimate of drug-likeness (QED) is 0.620. The first-order valence-corrected chi connectivity index (χ1v) is 10.1. The number of carbonyl (C=O) groups is 1. The molecule has 1 amide bonds. The van der Waals surface area contributed by atoms with Crippen molar-refractivity contribution in [2.24, 2.45) is 0 Å². The Bertz CT molecular complexity index is 1070. The van der Waals surface area contributed by atoms with Crippen molar-refractivity contribution in [2.45, 2.75) is 11.3 Å². The van der Waals surface area contributed by atoms with Gasteiger partial charge in [-0.05, 0) is 66.2 Å². The van der Waals surface area contributed by atoms with E-state index >= 15 is 0 Å². The lowest BCUT2D eigenvalue weighted by atomic mass is 10.1. The van der Waals surface area contributed by atoms with Gasteiger partial charge in [0.2, 0.25) is 5.91 Å². The third-order valence-electron chi connectivity index (χ3n) is 3.82. The van der Waals surface area contributed by atoms with Crippen LogP contribution in [0.5, 0.6) is 0 Å². The molecule has 8 heteroatoms. The van der Waals surface area contributed by atoms with Crippen molar-refractivity contribution in [1.82, 2.24) is 0 Å². The molecule has 0 fully saturated rings. The van der Waals surface area contributed by atoms with Crippen LogP contribution in [0.2, 0.25) is 5.02 Å². The summed E-state index contributed by atoms with van der Waals surface area (Å²) in [6, 6.07) is 17.7. The molecule has 0 heterocycles. The number of anilines is 2. The summed E-state index contributed by atoms with van der Waals surface area (Å²) in [7, 11) is -3.82. The predicted molar refractivity (Wildman–Crippen MR) is 107 cm³/mol. The standard InChI is InChI=1S/C20H16ClFN2O3S/c21-15-3-1-14(2-4-15)13-20(25)23-17-9-11-19(12-10-17)28(26,27)24-18-7-5-16(22)6-8-18/h1-12,24H,13H2,(H,23,25). The summed E-state index contributed by atoms with van der Waals surface area (Å²) in [5.41, 5.74) is 1.53. The normalized spacial score (nSPS) is 11.1. The average Bonchev–Trinajstić information content (AvgIpc) is 2.66.